The molecule has 37 heavy (non-hydrogen) atoms. The first kappa shape index (κ1) is 23.7. The van der Waals surface area contributed by atoms with Gasteiger partial charge in [-0.2, -0.15) is 10.5 Å². The maximum Gasteiger partial charge on any atom is 0.271 e. The van der Waals surface area contributed by atoms with Gasteiger partial charge >= 0.3 is 0 Å². The van der Waals surface area contributed by atoms with Crippen molar-refractivity contribution in [3.8, 4) is 34.7 Å². The first-order chi connectivity index (χ1) is 18.1. The lowest BCUT2D eigenvalue weighted by Gasteiger charge is -2.19. The van der Waals surface area contributed by atoms with Crippen LogP contribution in [0, 0.1) is 11.3 Å². The smallest absolute Gasteiger partial charge is 0.271 e. The molecular formula is C25H19N7O4S. The van der Waals surface area contributed by atoms with E-state index < -0.39 is 12.0 Å². The van der Waals surface area contributed by atoms with E-state index in [1.165, 1.54) is 11.3 Å². The third-order valence-electron chi connectivity index (χ3n) is 5.42. The molecular weight excluding hydrogens is 494 g/mol. The summed E-state index contributed by atoms with van der Waals surface area (Å²) < 4.78 is 17.6. The number of rotatable bonds is 8. The monoisotopic (exact) mass is 513 g/mol. The van der Waals surface area contributed by atoms with Gasteiger partial charge in [-0.1, -0.05) is 23.5 Å². The van der Waals surface area contributed by atoms with Crippen molar-refractivity contribution in [2.45, 2.75) is 6.10 Å². The molecule has 0 aliphatic rings. The summed E-state index contributed by atoms with van der Waals surface area (Å²) in [5.74, 6) is 1.58. The van der Waals surface area contributed by atoms with E-state index in [1.807, 2.05) is 0 Å². The highest BCUT2D eigenvalue weighted by molar-refractivity contribution is 7.22. The second kappa shape index (κ2) is 10.3. The Labute approximate surface area is 214 Å². The highest BCUT2D eigenvalue weighted by Crippen LogP contribution is 2.36. The van der Waals surface area contributed by atoms with Gasteiger partial charge < -0.3 is 14.2 Å². The van der Waals surface area contributed by atoms with Gasteiger partial charge in [0.05, 0.1) is 36.1 Å². The highest BCUT2D eigenvalue weighted by Gasteiger charge is 2.25. The molecule has 3 aromatic carbocycles. The minimum atomic E-state index is -1.01. The van der Waals surface area contributed by atoms with Crippen LogP contribution in [0.25, 0.3) is 21.6 Å². The Morgan fingerprint density at radius 3 is 2.43 bits per heavy atom. The van der Waals surface area contributed by atoms with Crippen molar-refractivity contribution in [2.24, 2.45) is 0 Å². The molecule has 2 N–H and O–H groups in total. The number of fused-ring (bicyclic) bond motifs is 1. The molecule has 5 rings (SSSR count). The normalized spacial score (nSPS) is 11.5. The van der Waals surface area contributed by atoms with E-state index in [-0.39, 0.29) is 0 Å². The van der Waals surface area contributed by atoms with E-state index in [0.29, 0.717) is 44.8 Å². The maximum atomic E-state index is 13.4. The number of thiazole rings is 1. The van der Waals surface area contributed by atoms with Crippen molar-refractivity contribution < 1.29 is 19.0 Å². The Balaban J connectivity index is 1.42. The number of methoxy groups -OCH3 is 2. The lowest BCUT2D eigenvalue weighted by molar-refractivity contribution is -0.123. The van der Waals surface area contributed by atoms with Crippen molar-refractivity contribution in [3.63, 3.8) is 0 Å². The molecule has 0 radical (unpaired) electrons. The topological polar surface area (TPSA) is 148 Å². The second-order valence-corrected chi connectivity index (χ2v) is 8.71. The first-order valence-corrected chi connectivity index (χ1v) is 11.7. The van der Waals surface area contributed by atoms with E-state index in [0.717, 1.165) is 10.3 Å². The zero-order chi connectivity index (χ0) is 25.8. The lowest BCUT2D eigenvalue weighted by Crippen LogP contribution is -2.25. The first-order valence-electron chi connectivity index (χ1n) is 10.9. The van der Waals surface area contributed by atoms with Crippen LogP contribution < -0.4 is 19.5 Å². The van der Waals surface area contributed by atoms with E-state index in [2.05, 4.69) is 37.0 Å². The number of hydrogen-bond acceptors (Lipinski definition) is 10. The Morgan fingerprint density at radius 2 is 1.78 bits per heavy atom. The summed E-state index contributed by atoms with van der Waals surface area (Å²) in [6, 6.07) is 19.2. The van der Waals surface area contributed by atoms with Crippen LogP contribution in [0.4, 0.5) is 5.13 Å². The number of tetrazole rings is 1. The number of carbonyl (C=O) groups is 1. The SMILES string of the molecule is COc1cc2nc(NC(=O)C(Oc3ccc(-c4nn[nH]n4)cc3)c3ccc(C#N)cc3)sc2cc1OC. The Morgan fingerprint density at radius 1 is 1.05 bits per heavy atom. The molecule has 0 saturated heterocycles. The van der Waals surface area contributed by atoms with Gasteiger partial charge in [-0.15, -0.1) is 10.2 Å². The highest BCUT2D eigenvalue weighted by atomic mass is 32.1. The van der Waals surface area contributed by atoms with Gasteiger partial charge in [0.1, 0.15) is 5.75 Å². The summed E-state index contributed by atoms with van der Waals surface area (Å²) >= 11 is 1.30. The fourth-order valence-electron chi connectivity index (χ4n) is 3.59. The minimum Gasteiger partial charge on any atom is -0.493 e. The number of hydrogen-bond donors (Lipinski definition) is 2. The van der Waals surface area contributed by atoms with Gasteiger partial charge in [-0.25, -0.2) is 4.98 Å². The van der Waals surface area contributed by atoms with Crippen LogP contribution >= 0.6 is 11.3 Å². The molecule has 0 spiro atoms. The van der Waals surface area contributed by atoms with Crippen LogP contribution in [0.1, 0.15) is 17.2 Å². The standard InChI is InChI=1S/C25H19N7O4S/c1-34-19-11-18-21(12-20(19)35-2)37-25(27-18)28-24(33)22(15-5-3-14(13-26)4-6-15)36-17-9-7-16(8-10-17)23-29-31-32-30-23/h3-12,22H,1-2H3,(H,27,28,33)(H,29,30,31,32). The summed E-state index contributed by atoms with van der Waals surface area (Å²) in [5, 5.41) is 26.3. The molecule has 0 saturated carbocycles. The molecule has 1 amide bonds. The fourth-order valence-corrected chi connectivity index (χ4v) is 4.47. The average molecular weight is 514 g/mol. The molecule has 1 unspecified atom stereocenters. The molecule has 0 fully saturated rings. The van der Waals surface area contributed by atoms with E-state index in [4.69, 9.17) is 19.5 Å². The Kier molecular flexibility index (Phi) is 6.60. The number of amides is 1. The number of ether oxygens (including phenoxy) is 3. The predicted molar refractivity (Wildman–Crippen MR) is 135 cm³/mol. The van der Waals surface area contributed by atoms with Gasteiger partial charge in [0.25, 0.3) is 5.91 Å². The zero-order valence-electron chi connectivity index (χ0n) is 19.6. The molecule has 2 heterocycles. The number of nitrogens with zero attached hydrogens (tertiary/aromatic N) is 5. The lowest BCUT2D eigenvalue weighted by atomic mass is 10.1. The summed E-state index contributed by atoms with van der Waals surface area (Å²) in [5.41, 5.74) is 2.44. The van der Waals surface area contributed by atoms with E-state index in [9.17, 15) is 4.79 Å². The van der Waals surface area contributed by atoms with Crippen LogP contribution in [0.15, 0.2) is 60.7 Å². The molecule has 0 aliphatic heterocycles. The third-order valence-corrected chi connectivity index (χ3v) is 6.35. The summed E-state index contributed by atoms with van der Waals surface area (Å²) in [7, 11) is 3.11. The van der Waals surface area contributed by atoms with Gasteiger partial charge in [-0.05, 0) is 41.6 Å². The van der Waals surface area contributed by atoms with Gasteiger partial charge in [-0.3, -0.25) is 10.1 Å². The van der Waals surface area contributed by atoms with Crippen LogP contribution in [0.3, 0.4) is 0 Å². The number of H-pyrrole nitrogens is 1. The number of carbonyl (C=O) groups excluding carboxylic acids is 1. The second-order valence-electron chi connectivity index (χ2n) is 7.67. The van der Waals surface area contributed by atoms with Crippen molar-refractivity contribution >= 4 is 32.6 Å². The predicted octanol–water partition coefficient (Wildman–Crippen LogP) is 4.12. The van der Waals surface area contributed by atoms with E-state index >= 15 is 0 Å². The largest absolute Gasteiger partial charge is 0.493 e. The van der Waals surface area contributed by atoms with E-state index in [1.54, 1.807) is 74.9 Å². The molecule has 2 aromatic heterocycles. The average Bonchev–Trinajstić information content (AvgIpc) is 3.61. The Bertz CT molecular complexity index is 1540. The molecule has 12 heteroatoms. The summed E-state index contributed by atoms with van der Waals surface area (Å²) in [6.45, 7) is 0. The number of aromatic nitrogens is 5. The van der Waals surface area contributed by atoms with Gasteiger partial charge in [0, 0.05) is 23.3 Å². The third kappa shape index (κ3) is 5.02. The van der Waals surface area contributed by atoms with Gasteiger partial charge in [0.15, 0.2) is 16.6 Å². The van der Waals surface area contributed by atoms with Crippen molar-refractivity contribution in [2.75, 3.05) is 19.5 Å². The van der Waals surface area contributed by atoms with Crippen LogP contribution in [-0.4, -0.2) is 45.7 Å². The number of aromatic amines is 1. The van der Waals surface area contributed by atoms with Crippen LogP contribution in [0.5, 0.6) is 17.2 Å². The molecule has 0 aliphatic carbocycles. The Hall–Kier alpha value is -5.02. The molecule has 11 nitrogen and oxygen atoms in total. The van der Waals surface area contributed by atoms with Crippen LogP contribution in [-0.2, 0) is 4.79 Å². The van der Waals surface area contributed by atoms with Crippen LogP contribution in [0.2, 0.25) is 0 Å². The summed E-state index contributed by atoms with van der Waals surface area (Å²) in [4.78, 5) is 17.9. The van der Waals surface area contributed by atoms with Crippen molar-refractivity contribution in [1.29, 1.82) is 5.26 Å². The fraction of sp³-hybridized carbons (Fsp3) is 0.120. The quantitative estimate of drug-likeness (QED) is 0.312. The van der Waals surface area contributed by atoms with Crippen molar-refractivity contribution in [3.05, 3.63) is 71.8 Å². The van der Waals surface area contributed by atoms with Crippen molar-refractivity contribution in [1.82, 2.24) is 25.6 Å². The molecule has 5 aromatic rings. The number of anilines is 1. The zero-order valence-corrected chi connectivity index (χ0v) is 20.4. The number of nitrogens with one attached hydrogen (secondary N) is 2. The minimum absolute atomic E-state index is 0.394. The molecule has 1 atom stereocenters. The maximum absolute atomic E-state index is 13.4. The summed E-state index contributed by atoms with van der Waals surface area (Å²) in [6.07, 6.45) is -1.01. The molecule has 0 bridgehead atoms. The molecule has 184 valence electrons. The number of benzene rings is 3. The number of nitriles is 1. The van der Waals surface area contributed by atoms with Gasteiger partial charge in [0.2, 0.25) is 11.9 Å².